The van der Waals surface area contributed by atoms with Crippen LogP contribution >= 0.6 is 11.3 Å². The summed E-state index contributed by atoms with van der Waals surface area (Å²) in [6.45, 7) is 7.41. The number of thiophene rings is 1. The summed E-state index contributed by atoms with van der Waals surface area (Å²) in [5.41, 5.74) is 3.27. The van der Waals surface area contributed by atoms with Gasteiger partial charge < -0.3 is 5.32 Å². The molecule has 1 aliphatic rings. The fraction of sp³-hybridized carbons (Fsp3) is 0.350. The first kappa shape index (κ1) is 16.6. The molecule has 7 heteroatoms. The van der Waals surface area contributed by atoms with E-state index in [1.807, 2.05) is 6.20 Å². The van der Waals surface area contributed by atoms with Gasteiger partial charge in [-0.25, -0.2) is 9.97 Å². The highest BCUT2D eigenvalue weighted by Crippen LogP contribution is 2.35. The Labute approximate surface area is 161 Å². The van der Waals surface area contributed by atoms with E-state index in [2.05, 4.69) is 52.5 Å². The van der Waals surface area contributed by atoms with Crippen LogP contribution < -0.4 is 5.32 Å². The number of nitrogens with one attached hydrogen (secondary N) is 2. The quantitative estimate of drug-likeness (QED) is 0.546. The number of benzene rings is 1. The predicted molar refractivity (Wildman–Crippen MR) is 111 cm³/mol. The second kappa shape index (κ2) is 6.58. The molecule has 0 spiro atoms. The summed E-state index contributed by atoms with van der Waals surface area (Å²) in [6.07, 6.45) is 4.38. The van der Waals surface area contributed by atoms with Gasteiger partial charge in [0.2, 0.25) is 0 Å². The van der Waals surface area contributed by atoms with E-state index in [1.54, 1.807) is 11.3 Å². The maximum atomic E-state index is 4.92. The maximum absolute atomic E-state index is 4.92. The molecule has 3 aromatic heterocycles. The molecular formula is C20H22N6S. The Balaban J connectivity index is 1.57. The van der Waals surface area contributed by atoms with Crippen molar-refractivity contribution in [3.63, 3.8) is 0 Å². The first-order valence-corrected chi connectivity index (χ1v) is 10.2. The highest BCUT2D eigenvalue weighted by Gasteiger charge is 2.18. The molecule has 1 aliphatic heterocycles. The zero-order valence-corrected chi connectivity index (χ0v) is 16.4. The number of rotatable bonds is 4. The second-order valence-electron chi connectivity index (χ2n) is 7.23. The van der Waals surface area contributed by atoms with Gasteiger partial charge in [-0.15, -0.1) is 11.3 Å². The molecule has 138 valence electrons. The van der Waals surface area contributed by atoms with Crippen molar-refractivity contribution in [2.45, 2.75) is 33.2 Å². The van der Waals surface area contributed by atoms with Crippen molar-refractivity contribution in [3.05, 3.63) is 40.7 Å². The lowest BCUT2D eigenvalue weighted by Gasteiger charge is -2.15. The van der Waals surface area contributed by atoms with E-state index in [0.29, 0.717) is 0 Å². The van der Waals surface area contributed by atoms with Gasteiger partial charge in [0.1, 0.15) is 16.5 Å². The average molecular weight is 379 g/mol. The average Bonchev–Trinajstić information content (AvgIpc) is 3.37. The van der Waals surface area contributed by atoms with Gasteiger partial charge in [-0.3, -0.25) is 10.00 Å². The number of H-pyrrole nitrogens is 1. The monoisotopic (exact) mass is 378 g/mol. The van der Waals surface area contributed by atoms with Crippen molar-refractivity contribution in [2.75, 3.05) is 18.4 Å². The number of anilines is 2. The first-order chi connectivity index (χ1) is 13.2. The number of aromatic amines is 1. The van der Waals surface area contributed by atoms with Crippen LogP contribution in [0.2, 0.25) is 0 Å². The molecule has 1 aromatic carbocycles. The van der Waals surface area contributed by atoms with Gasteiger partial charge in [-0.05, 0) is 63.5 Å². The van der Waals surface area contributed by atoms with Crippen molar-refractivity contribution >= 4 is 44.0 Å². The molecule has 1 fully saturated rings. The number of hydrogen-bond donors (Lipinski definition) is 2. The zero-order chi connectivity index (χ0) is 18.4. The second-order valence-corrected chi connectivity index (χ2v) is 8.44. The Morgan fingerprint density at radius 1 is 1.19 bits per heavy atom. The Morgan fingerprint density at radius 3 is 2.89 bits per heavy atom. The molecule has 0 aliphatic carbocycles. The van der Waals surface area contributed by atoms with Crippen LogP contribution in [0.25, 0.3) is 21.1 Å². The number of nitrogens with zero attached hydrogens (tertiary/aromatic N) is 4. The lowest BCUT2D eigenvalue weighted by Crippen LogP contribution is -2.20. The lowest BCUT2D eigenvalue weighted by molar-refractivity contribution is 0.323. The van der Waals surface area contributed by atoms with Crippen LogP contribution in [0, 0.1) is 13.8 Å². The molecule has 0 amide bonds. The van der Waals surface area contributed by atoms with Gasteiger partial charge >= 0.3 is 0 Å². The summed E-state index contributed by atoms with van der Waals surface area (Å²) in [7, 11) is 0. The van der Waals surface area contributed by atoms with Gasteiger partial charge in [0.05, 0.1) is 23.6 Å². The van der Waals surface area contributed by atoms with Crippen LogP contribution in [0.1, 0.15) is 29.1 Å². The molecule has 5 rings (SSSR count). The van der Waals surface area contributed by atoms with Crippen LogP contribution in [0.3, 0.4) is 0 Å². The Kier molecular flexibility index (Phi) is 4.06. The van der Waals surface area contributed by atoms with E-state index in [1.165, 1.54) is 23.3 Å². The standard InChI is InChI=1S/C20H22N6S/c1-12-13(2)27-20-18(12)19(23-17(24-20)11-26-7-3-4-8-26)22-15-6-5-14-10-21-25-16(14)9-15/h5-6,9-10H,3-4,7-8,11H2,1-2H3,(H,21,25)(H,22,23,24). The SMILES string of the molecule is Cc1sc2nc(CN3CCCC3)nc(Nc3ccc4cn[nH]c4c3)c2c1C. The zero-order valence-electron chi connectivity index (χ0n) is 15.5. The van der Waals surface area contributed by atoms with Crippen molar-refractivity contribution in [1.82, 2.24) is 25.1 Å². The highest BCUT2D eigenvalue weighted by molar-refractivity contribution is 7.18. The topological polar surface area (TPSA) is 69.7 Å². The molecule has 0 atom stereocenters. The molecule has 4 aromatic rings. The van der Waals surface area contributed by atoms with E-state index >= 15 is 0 Å². The molecule has 27 heavy (non-hydrogen) atoms. The molecule has 0 radical (unpaired) electrons. The fourth-order valence-electron chi connectivity index (χ4n) is 3.75. The van der Waals surface area contributed by atoms with Crippen molar-refractivity contribution in [3.8, 4) is 0 Å². The number of likely N-dealkylation sites (tertiary alicyclic amines) is 1. The van der Waals surface area contributed by atoms with Gasteiger partial charge in [-0.2, -0.15) is 5.10 Å². The molecule has 1 saturated heterocycles. The first-order valence-electron chi connectivity index (χ1n) is 9.36. The normalized spacial score (nSPS) is 15.2. The van der Waals surface area contributed by atoms with Gasteiger partial charge in [-0.1, -0.05) is 0 Å². The third-order valence-corrected chi connectivity index (χ3v) is 6.44. The molecule has 2 N–H and O–H groups in total. The number of fused-ring (bicyclic) bond motifs is 2. The van der Waals surface area contributed by atoms with Crippen LogP contribution in [0.4, 0.5) is 11.5 Å². The number of hydrogen-bond acceptors (Lipinski definition) is 6. The predicted octanol–water partition coefficient (Wildman–Crippen LogP) is 4.52. The van der Waals surface area contributed by atoms with E-state index in [4.69, 9.17) is 9.97 Å². The number of aromatic nitrogens is 4. The van der Waals surface area contributed by atoms with E-state index in [9.17, 15) is 0 Å². The summed E-state index contributed by atoms with van der Waals surface area (Å²) in [4.78, 5) is 14.6. The van der Waals surface area contributed by atoms with E-state index < -0.39 is 0 Å². The van der Waals surface area contributed by atoms with Gasteiger partial charge in [0, 0.05) is 16.0 Å². The minimum atomic E-state index is 0.820. The smallest absolute Gasteiger partial charge is 0.146 e. The Bertz CT molecular complexity index is 1120. The number of aryl methyl sites for hydroxylation is 2. The highest BCUT2D eigenvalue weighted by atomic mass is 32.1. The summed E-state index contributed by atoms with van der Waals surface area (Å²) in [6, 6.07) is 6.21. The Morgan fingerprint density at radius 2 is 2.04 bits per heavy atom. The van der Waals surface area contributed by atoms with E-state index in [-0.39, 0.29) is 0 Å². The summed E-state index contributed by atoms with van der Waals surface area (Å²) < 4.78 is 0. The van der Waals surface area contributed by atoms with Crippen molar-refractivity contribution in [2.24, 2.45) is 0 Å². The third-order valence-electron chi connectivity index (χ3n) is 5.34. The van der Waals surface area contributed by atoms with Crippen molar-refractivity contribution < 1.29 is 0 Å². The van der Waals surface area contributed by atoms with Crippen molar-refractivity contribution in [1.29, 1.82) is 0 Å². The molecule has 0 saturated carbocycles. The minimum absolute atomic E-state index is 0.820. The van der Waals surface area contributed by atoms with Gasteiger partial charge in [0.15, 0.2) is 0 Å². The fourth-order valence-corrected chi connectivity index (χ4v) is 4.80. The van der Waals surface area contributed by atoms with Crippen LogP contribution in [0.15, 0.2) is 24.4 Å². The van der Waals surface area contributed by atoms with Crippen LogP contribution in [-0.2, 0) is 6.54 Å². The molecular weight excluding hydrogens is 356 g/mol. The summed E-state index contributed by atoms with van der Waals surface area (Å²) in [5, 5.41) is 12.9. The summed E-state index contributed by atoms with van der Waals surface area (Å²) in [5.74, 6) is 1.80. The third kappa shape index (κ3) is 3.07. The lowest BCUT2D eigenvalue weighted by atomic mass is 10.2. The van der Waals surface area contributed by atoms with E-state index in [0.717, 1.165) is 58.1 Å². The van der Waals surface area contributed by atoms with Crippen LogP contribution in [-0.4, -0.2) is 38.2 Å². The summed E-state index contributed by atoms with van der Waals surface area (Å²) >= 11 is 1.75. The Hall–Kier alpha value is -2.51. The van der Waals surface area contributed by atoms with Crippen LogP contribution in [0.5, 0.6) is 0 Å². The molecule has 0 unspecified atom stereocenters. The minimum Gasteiger partial charge on any atom is -0.340 e. The van der Waals surface area contributed by atoms with Gasteiger partial charge in [0.25, 0.3) is 0 Å². The largest absolute Gasteiger partial charge is 0.340 e. The molecule has 0 bridgehead atoms. The maximum Gasteiger partial charge on any atom is 0.146 e. The molecule has 4 heterocycles. The molecule has 6 nitrogen and oxygen atoms in total.